The average Bonchev–Trinajstić information content (AvgIpc) is 2.33. The summed E-state index contributed by atoms with van der Waals surface area (Å²) < 4.78 is 12.1. The van der Waals surface area contributed by atoms with Crippen LogP contribution in [0.2, 0.25) is 0 Å². The molecule has 0 aliphatic rings. The molecule has 0 aromatic carbocycles. The fourth-order valence-corrected chi connectivity index (χ4v) is 1.31. The van der Waals surface area contributed by atoms with Gasteiger partial charge in [0.1, 0.15) is 0 Å². The largest absolute Gasteiger partial charge is 0.464 e. The molecule has 0 amide bonds. The maximum Gasteiger partial charge on any atom is 0.347 e. The summed E-state index contributed by atoms with van der Waals surface area (Å²) in [6.07, 6.45) is -0.886. The molecular formula is C11H16N2O5. The van der Waals surface area contributed by atoms with Crippen LogP contribution >= 0.6 is 0 Å². The maximum atomic E-state index is 11.6. The number of nitrogens with zero attached hydrogens (tertiary/aromatic N) is 2. The highest BCUT2D eigenvalue weighted by atomic mass is 16.6. The minimum atomic E-state index is -0.886. The van der Waals surface area contributed by atoms with Crippen LogP contribution < -0.4 is 16.0 Å². The summed E-state index contributed by atoms with van der Waals surface area (Å²) in [4.78, 5) is 34.4. The summed E-state index contributed by atoms with van der Waals surface area (Å²) in [5.74, 6) is -0.519. The van der Waals surface area contributed by atoms with Crippen molar-refractivity contribution < 1.29 is 14.3 Å². The molecule has 1 aromatic heterocycles. The quantitative estimate of drug-likeness (QED) is 0.673. The van der Waals surface area contributed by atoms with Gasteiger partial charge in [-0.25, -0.2) is 9.59 Å². The molecule has 1 heterocycles. The molecule has 18 heavy (non-hydrogen) atoms. The molecule has 7 heteroatoms. The first-order chi connectivity index (χ1) is 8.38. The zero-order valence-electron chi connectivity index (χ0n) is 10.8. The van der Waals surface area contributed by atoms with Gasteiger partial charge >= 0.3 is 11.7 Å². The lowest BCUT2D eigenvalue weighted by Crippen LogP contribution is -2.38. The monoisotopic (exact) mass is 256 g/mol. The molecule has 0 bridgehead atoms. The van der Waals surface area contributed by atoms with Gasteiger partial charge in [0, 0.05) is 14.1 Å². The zero-order valence-corrected chi connectivity index (χ0v) is 10.8. The Morgan fingerprint density at radius 3 is 2.50 bits per heavy atom. The third-order valence-corrected chi connectivity index (χ3v) is 2.40. The van der Waals surface area contributed by atoms with Crippen molar-refractivity contribution in [3.63, 3.8) is 0 Å². The van der Waals surface area contributed by atoms with E-state index < -0.39 is 23.3 Å². The van der Waals surface area contributed by atoms with E-state index in [1.807, 2.05) is 0 Å². The van der Waals surface area contributed by atoms with Crippen molar-refractivity contribution in [3.05, 3.63) is 26.9 Å². The second-order valence-electron chi connectivity index (χ2n) is 3.73. The zero-order chi connectivity index (χ0) is 13.9. The molecule has 0 aliphatic heterocycles. The van der Waals surface area contributed by atoms with E-state index in [1.165, 1.54) is 21.0 Å². The minimum absolute atomic E-state index is 0.0312. The highest BCUT2D eigenvalue weighted by Gasteiger charge is 2.18. The first-order valence-electron chi connectivity index (χ1n) is 5.48. The number of carbonyl (C=O) groups excluding carboxylic acids is 1. The highest BCUT2D eigenvalue weighted by molar-refractivity contribution is 5.74. The van der Waals surface area contributed by atoms with Gasteiger partial charge in [-0.1, -0.05) is 0 Å². The first-order valence-corrected chi connectivity index (χ1v) is 5.48. The number of esters is 1. The van der Waals surface area contributed by atoms with Crippen molar-refractivity contribution in [2.45, 2.75) is 20.0 Å². The number of hydrogen-bond donors (Lipinski definition) is 0. The van der Waals surface area contributed by atoms with E-state index in [-0.39, 0.29) is 12.5 Å². The molecule has 1 rings (SSSR count). The van der Waals surface area contributed by atoms with Crippen LogP contribution in [0, 0.1) is 0 Å². The number of hydrogen-bond acceptors (Lipinski definition) is 5. The molecule has 100 valence electrons. The number of rotatable bonds is 4. The Balaban J connectivity index is 3.03. The summed E-state index contributed by atoms with van der Waals surface area (Å²) in [5.41, 5.74) is -1.02. The maximum absolute atomic E-state index is 11.6. The van der Waals surface area contributed by atoms with E-state index in [2.05, 4.69) is 0 Å². The Labute approximate surface area is 104 Å². The summed E-state index contributed by atoms with van der Waals surface area (Å²) in [6, 6.07) is 1.15. The van der Waals surface area contributed by atoms with Crippen molar-refractivity contribution in [2.24, 2.45) is 14.1 Å². The lowest BCUT2D eigenvalue weighted by molar-refractivity contribution is -0.150. The van der Waals surface area contributed by atoms with Gasteiger partial charge in [0.25, 0.3) is 5.56 Å². The van der Waals surface area contributed by atoms with E-state index in [1.54, 1.807) is 6.92 Å². The van der Waals surface area contributed by atoms with E-state index in [9.17, 15) is 14.4 Å². The van der Waals surface area contributed by atoms with Crippen LogP contribution in [0.4, 0.5) is 0 Å². The topological polar surface area (TPSA) is 79.5 Å². The number of carbonyl (C=O) groups is 1. The molecule has 0 N–H and O–H groups in total. The molecule has 7 nitrogen and oxygen atoms in total. The molecule has 0 radical (unpaired) electrons. The predicted molar refractivity (Wildman–Crippen MR) is 63.6 cm³/mol. The van der Waals surface area contributed by atoms with Crippen LogP contribution in [0.1, 0.15) is 13.8 Å². The molecular weight excluding hydrogens is 240 g/mol. The minimum Gasteiger partial charge on any atom is -0.464 e. The van der Waals surface area contributed by atoms with Gasteiger partial charge in [0.2, 0.25) is 5.88 Å². The summed E-state index contributed by atoms with van der Waals surface area (Å²) in [7, 11) is 2.82. The van der Waals surface area contributed by atoms with E-state index in [0.717, 1.165) is 15.2 Å². The fourth-order valence-electron chi connectivity index (χ4n) is 1.31. The van der Waals surface area contributed by atoms with Crippen LogP contribution in [0.5, 0.6) is 5.88 Å². The molecule has 1 atom stereocenters. The van der Waals surface area contributed by atoms with Crippen molar-refractivity contribution in [1.82, 2.24) is 9.13 Å². The predicted octanol–water partition coefficient (Wildman–Crippen LogP) is -0.586. The molecule has 0 aliphatic carbocycles. The van der Waals surface area contributed by atoms with Gasteiger partial charge < -0.3 is 9.47 Å². The van der Waals surface area contributed by atoms with E-state index in [4.69, 9.17) is 9.47 Å². The number of aromatic nitrogens is 2. The second-order valence-corrected chi connectivity index (χ2v) is 3.73. The van der Waals surface area contributed by atoms with Crippen LogP contribution in [0.3, 0.4) is 0 Å². The Morgan fingerprint density at radius 2 is 1.94 bits per heavy atom. The van der Waals surface area contributed by atoms with Crippen molar-refractivity contribution in [1.29, 1.82) is 0 Å². The third-order valence-electron chi connectivity index (χ3n) is 2.40. The third kappa shape index (κ3) is 2.79. The molecule has 0 saturated carbocycles. The lowest BCUT2D eigenvalue weighted by atomic mass is 10.4. The number of ether oxygens (including phenoxy) is 2. The first kappa shape index (κ1) is 14.0. The smallest absolute Gasteiger partial charge is 0.347 e. The Morgan fingerprint density at radius 1 is 1.33 bits per heavy atom. The molecule has 0 saturated heterocycles. The van der Waals surface area contributed by atoms with Gasteiger partial charge in [-0.2, -0.15) is 0 Å². The molecule has 1 aromatic rings. The van der Waals surface area contributed by atoms with Crippen molar-refractivity contribution in [3.8, 4) is 5.88 Å². The Kier molecular flexibility index (Phi) is 4.30. The molecule has 0 spiro atoms. The van der Waals surface area contributed by atoms with Crippen LogP contribution in [-0.2, 0) is 23.6 Å². The Bertz CT molecular complexity index is 558. The molecule has 1 unspecified atom stereocenters. The van der Waals surface area contributed by atoms with Gasteiger partial charge in [0.15, 0.2) is 6.10 Å². The summed E-state index contributed by atoms with van der Waals surface area (Å²) in [5, 5.41) is 0. The average molecular weight is 256 g/mol. The van der Waals surface area contributed by atoms with Crippen LogP contribution in [-0.4, -0.2) is 27.8 Å². The second kappa shape index (κ2) is 5.52. The van der Waals surface area contributed by atoms with Gasteiger partial charge in [-0.05, 0) is 13.8 Å². The lowest BCUT2D eigenvalue weighted by Gasteiger charge is -2.15. The standard InChI is InChI=1S/C11H16N2O5/c1-5-17-10(15)7(2)18-9-6-8(14)12(3)11(16)13(9)4/h6-7H,5H2,1-4H3. The highest BCUT2D eigenvalue weighted by Crippen LogP contribution is 2.06. The normalized spacial score (nSPS) is 12.0. The summed E-state index contributed by atoms with van der Waals surface area (Å²) in [6.45, 7) is 3.40. The van der Waals surface area contributed by atoms with Crippen LogP contribution in [0.15, 0.2) is 15.7 Å². The van der Waals surface area contributed by atoms with E-state index in [0.29, 0.717) is 0 Å². The van der Waals surface area contributed by atoms with Gasteiger partial charge in [-0.15, -0.1) is 0 Å². The fraction of sp³-hybridized carbons (Fsp3) is 0.545. The van der Waals surface area contributed by atoms with Gasteiger partial charge in [0.05, 0.1) is 12.7 Å². The van der Waals surface area contributed by atoms with Gasteiger partial charge in [-0.3, -0.25) is 13.9 Å². The summed E-state index contributed by atoms with van der Waals surface area (Å²) >= 11 is 0. The van der Waals surface area contributed by atoms with Crippen LogP contribution in [0.25, 0.3) is 0 Å². The van der Waals surface area contributed by atoms with E-state index >= 15 is 0 Å². The molecule has 0 fully saturated rings. The SMILES string of the molecule is CCOC(=O)C(C)Oc1cc(=O)n(C)c(=O)n1C. The van der Waals surface area contributed by atoms with Crippen molar-refractivity contribution >= 4 is 5.97 Å². The van der Waals surface area contributed by atoms with Crippen molar-refractivity contribution in [2.75, 3.05) is 6.61 Å². The Hall–Kier alpha value is -2.05.